The average molecular weight is 319 g/mol. The molecule has 0 amide bonds. The van der Waals surface area contributed by atoms with Crippen LogP contribution in [0.3, 0.4) is 0 Å². The van der Waals surface area contributed by atoms with E-state index in [4.69, 9.17) is 15.4 Å². The van der Waals surface area contributed by atoms with Gasteiger partial charge in [0, 0.05) is 10.7 Å². The Kier molecular flexibility index (Phi) is 3.57. The van der Waals surface area contributed by atoms with E-state index in [-0.39, 0.29) is 4.90 Å². The highest BCUT2D eigenvalue weighted by atomic mass is 35.7. The summed E-state index contributed by atoms with van der Waals surface area (Å²) in [4.78, 5) is 0.0510. The smallest absolute Gasteiger partial charge is 0.261 e. The molecular weight excluding hydrogens is 308 g/mol. The summed E-state index contributed by atoms with van der Waals surface area (Å²) < 4.78 is 28.1. The zero-order valence-corrected chi connectivity index (χ0v) is 12.4. The summed E-state index contributed by atoms with van der Waals surface area (Å²) in [6.45, 7) is 0. The second kappa shape index (κ2) is 5.39. The Morgan fingerprint density at radius 1 is 0.762 bits per heavy atom. The van der Waals surface area contributed by atoms with Crippen molar-refractivity contribution in [3.05, 3.63) is 66.7 Å². The molecule has 0 N–H and O–H groups in total. The second-order valence-electron chi connectivity index (χ2n) is 4.52. The fourth-order valence-corrected chi connectivity index (χ4v) is 2.81. The molecule has 3 aromatic rings. The van der Waals surface area contributed by atoms with E-state index in [1.165, 1.54) is 12.1 Å². The molecule has 3 aromatic carbocycles. The highest BCUT2D eigenvalue weighted by molar-refractivity contribution is 8.13. The van der Waals surface area contributed by atoms with Crippen LogP contribution in [-0.4, -0.2) is 8.42 Å². The molecule has 0 unspecified atom stereocenters. The van der Waals surface area contributed by atoms with E-state index in [1.54, 1.807) is 12.1 Å². The van der Waals surface area contributed by atoms with Gasteiger partial charge in [-0.2, -0.15) is 0 Å². The predicted octanol–water partition coefficient (Wildman–Crippen LogP) is 4.56. The highest BCUT2D eigenvalue weighted by Crippen LogP contribution is 2.27. The van der Waals surface area contributed by atoms with Gasteiger partial charge < -0.3 is 4.74 Å². The summed E-state index contributed by atoms with van der Waals surface area (Å²) in [5.41, 5.74) is 0. The Morgan fingerprint density at radius 3 is 2.05 bits per heavy atom. The van der Waals surface area contributed by atoms with Crippen LogP contribution in [0, 0.1) is 0 Å². The van der Waals surface area contributed by atoms with E-state index in [0.717, 1.165) is 10.8 Å². The molecule has 0 bridgehead atoms. The molecule has 3 nitrogen and oxygen atoms in total. The largest absolute Gasteiger partial charge is 0.457 e. The molecule has 0 spiro atoms. The number of fused-ring (bicyclic) bond motifs is 1. The maximum atomic E-state index is 11.2. The summed E-state index contributed by atoms with van der Waals surface area (Å²) in [7, 11) is 1.56. The van der Waals surface area contributed by atoms with E-state index in [0.29, 0.717) is 11.5 Å². The van der Waals surface area contributed by atoms with Crippen molar-refractivity contribution in [2.75, 3.05) is 0 Å². The van der Waals surface area contributed by atoms with Gasteiger partial charge in [-0.05, 0) is 47.2 Å². The maximum Gasteiger partial charge on any atom is 0.261 e. The third-order valence-corrected chi connectivity index (χ3v) is 4.43. The minimum Gasteiger partial charge on any atom is -0.457 e. The second-order valence-corrected chi connectivity index (χ2v) is 7.09. The van der Waals surface area contributed by atoms with Gasteiger partial charge in [-0.3, -0.25) is 0 Å². The molecule has 0 aliphatic rings. The van der Waals surface area contributed by atoms with Crippen LogP contribution in [0.2, 0.25) is 0 Å². The third kappa shape index (κ3) is 3.17. The van der Waals surface area contributed by atoms with E-state index >= 15 is 0 Å². The van der Waals surface area contributed by atoms with Gasteiger partial charge in [0.1, 0.15) is 11.5 Å². The quantitative estimate of drug-likeness (QED) is 0.665. The molecule has 0 atom stereocenters. The molecule has 0 saturated heterocycles. The SMILES string of the molecule is O=S(=O)(Cl)c1ccc(Oc2ccc3ccccc3c2)cc1. The van der Waals surface area contributed by atoms with Crippen molar-refractivity contribution in [1.82, 2.24) is 0 Å². The van der Waals surface area contributed by atoms with Gasteiger partial charge in [0.05, 0.1) is 4.90 Å². The average Bonchev–Trinajstić information content (AvgIpc) is 2.47. The lowest BCUT2D eigenvalue weighted by Gasteiger charge is -2.07. The van der Waals surface area contributed by atoms with Crippen LogP contribution in [0.1, 0.15) is 0 Å². The van der Waals surface area contributed by atoms with E-state index in [9.17, 15) is 8.42 Å². The number of hydrogen-bond acceptors (Lipinski definition) is 3. The topological polar surface area (TPSA) is 43.4 Å². The van der Waals surface area contributed by atoms with E-state index < -0.39 is 9.05 Å². The Labute approximate surface area is 127 Å². The van der Waals surface area contributed by atoms with Crippen molar-refractivity contribution in [3.63, 3.8) is 0 Å². The Morgan fingerprint density at radius 2 is 1.38 bits per heavy atom. The first-order valence-electron chi connectivity index (χ1n) is 6.24. The number of rotatable bonds is 3. The number of hydrogen-bond donors (Lipinski definition) is 0. The van der Waals surface area contributed by atoms with Gasteiger partial charge in [0.2, 0.25) is 0 Å². The summed E-state index contributed by atoms with van der Waals surface area (Å²) in [5.74, 6) is 1.24. The minimum atomic E-state index is -3.70. The number of halogens is 1. The van der Waals surface area contributed by atoms with Crippen molar-refractivity contribution in [1.29, 1.82) is 0 Å². The lowest BCUT2D eigenvalue weighted by molar-refractivity contribution is 0.483. The van der Waals surface area contributed by atoms with Gasteiger partial charge in [0.15, 0.2) is 0 Å². The molecule has 0 fully saturated rings. The van der Waals surface area contributed by atoms with Crippen LogP contribution < -0.4 is 4.74 Å². The van der Waals surface area contributed by atoms with E-state index in [2.05, 4.69) is 0 Å². The summed E-state index contributed by atoms with van der Waals surface area (Å²) >= 11 is 0. The van der Waals surface area contributed by atoms with Crippen LogP contribution in [0.5, 0.6) is 11.5 Å². The Balaban J connectivity index is 1.88. The zero-order valence-electron chi connectivity index (χ0n) is 10.9. The van der Waals surface area contributed by atoms with Gasteiger partial charge >= 0.3 is 0 Å². The van der Waals surface area contributed by atoms with E-state index in [1.807, 2.05) is 42.5 Å². The van der Waals surface area contributed by atoms with Crippen LogP contribution in [0.25, 0.3) is 10.8 Å². The first-order valence-corrected chi connectivity index (χ1v) is 8.55. The Bertz CT molecular complexity index is 887. The monoisotopic (exact) mass is 318 g/mol. The molecular formula is C16H11ClO3S. The summed E-state index contributed by atoms with van der Waals surface area (Å²) in [6, 6.07) is 19.7. The van der Waals surface area contributed by atoms with Crippen molar-refractivity contribution in [3.8, 4) is 11.5 Å². The Hall–Kier alpha value is -2.04. The first-order chi connectivity index (χ1) is 10.0. The van der Waals surface area contributed by atoms with Gasteiger partial charge in [-0.1, -0.05) is 30.3 Å². The van der Waals surface area contributed by atoms with Gasteiger partial charge in [-0.25, -0.2) is 8.42 Å². The van der Waals surface area contributed by atoms with Gasteiger partial charge in [0.25, 0.3) is 9.05 Å². The number of benzene rings is 3. The molecule has 3 rings (SSSR count). The fourth-order valence-electron chi connectivity index (χ4n) is 2.04. The molecule has 0 saturated carbocycles. The van der Waals surface area contributed by atoms with Crippen LogP contribution >= 0.6 is 10.7 Å². The fraction of sp³-hybridized carbons (Fsp3) is 0. The molecule has 0 aromatic heterocycles. The molecule has 106 valence electrons. The third-order valence-electron chi connectivity index (χ3n) is 3.06. The van der Waals surface area contributed by atoms with Crippen LogP contribution in [0.15, 0.2) is 71.6 Å². The predicted molar refractivity (Wildman–Crippen MR) is 83.5 cm³/mol. The highest BCUT2D eigenvalue weighted by Gasteiger charge is 2.09. The molecule has 0 heterocycles. The molecule has 21 heavy (non-hydrogen) atoms. The standard InChI is InChI=1S/C16H11ClO3S/c17-21(18,19)16-9-7-14(8-10-16)20-15-6-5-12-3-1-2-4-13(12)11-15/h1-11H. The minimum absolute atomic E-state index is 0.0510. The summed E-state index contributed by atoms with van der Waals surface area (Å²) in [6.07, 6.45) is 0. The van der Waals surface area contributed by atoms with Crippen molar-refractivity contribution >= 4 is 30.5 Å². The maximum absolute atomic E-state index is 11.2. The normalized spacial score (nSPS) is 11.5. The zero-order chi connectivity index (χ0) is 14.9. The lowest BCUT2D eigenvalue weighted by atomic mass is 10.1. The van der Waals surface area contributed by atoms with Crippen LogP contribution in [-0.2, 0) is 9.05 Å². The number of ether oxygens (including phenoxy) is 1. The molecule has 0 aliphatic carbocycles. The summed E-state index contributed by atoms with van der Waals surface area (Å²) in [5, 5.41) is 2.21. The van der Waals surface area contributed by atoms with Crippen molar-refractivity contribution in [2.45, 2.75) is 4.90 Å². The van der Waals surface area contributed by atoms with Crippen molar-refractivity contribution < 1.29 is 13.2 Å². The van der Waals surface area contributed by atoms with Crippen LogP contribution in [0.4, 0.5) is 0 Å². The molecule has 5 heteroatoms. The molecule has 0 aliphatic heterocycles. The molecule has 0 radical (unpaired) electrons. The first kappa shape index (κ1) is 13.9. The van der Waals surface area contributed by atoms with Gasteiger partial charge in [-0.15, -0.1) is 0 Å². The van der Waals surface area contributed by atoms with Crippen molar-refractivity contribution in [2.24, 2.45) is 0 Å². The lowest BCUT2D eigenvalue weighted by Crippen LogP contribution is -1.90.